The van der Waals surface area contributed by atoms with Gasteiger partial charge in [0.15, 0.2) is 5.96 Å². The van der Waals surface area contributed by atoms with E-state index >= 15 is 0 Å². The molecule has 1 rings (SSSR count). The van der Waals surface area contributed by atoms with Crippen LogP contribution in [0, 0.1) is 0 Å². The van der Waals surface area contributed by atoms with Gasteiger partial charge in [-0.15, -0.1) is 24.0 Å². The zero-order chi connectivity index (χ0) is 8.81. The second-order valence-corrected chi connectivity index (χ2v) is 2.98. The first-order valence-corrected chi connectivity index (χ1v) is 4.60. The maximum absolute atomic E-state index is 5.78. The van der Waals surface area contributed by atoms with Crippen LogP contribution in [0.5, 0.6) is 0 Å². The second-order valence-electron chi connectivity index (χ2n) is 2.98. The Morgan fingerprint density at radius 1 is 1.46 bits per heavy atom. The molecule has 4 nitrogen and oxygen atoms in total. The lowest BCUT2D eigenvalue weighted by Crippen LogP contribution is -2.49. The number of nitrogens with zero attached hydrogens (tertiary/aromatic N) is 2. The lowest BCUT2D eigenvalue weighted by Gasteiger charge is -2.28. The Labute approximate surface area is 97.0 Å². The molecular formula is C8H19IN4. The fourth-order valence-corrected chi connectivity index (χ4v) is 1.22. The molecule has 5 heteroatoms. The Balaban J connectivity index is 0.00000144. The molecule has 0 spiro atoms. The fraction of sp³-hybridized carbons (Fsp3) is 0.875. The average Bonchev–Trinajstić information content (AvgIpc) is 2.15. The van der Waals surface area contributed by atoms with Crippen molar-refractivity contribution in [3.05, 3.63) is 0 Å². The number of nitrogens with two attached hydrogens (primary N) is 1. The minimum Gasteiger partial charge on any atom is -0.370 e. The SMILES string of the molecule is CCCN=C(N)N1CCNCC1.I. The van der Waals surface area contributed by atoms with Gasteiger partial charge in [-0.2, -0.15) is 0 Å². The molecule has 3 N–H and O–H groups in total. The van der Waals surface area contributed by atoms with Crippen molar-refractivity contribution in [2.75, 3.05) is 32.7 Å². The van der Waals surface area contributed by atoms with Gasteiger partial charge in [-0.25, -0.2) is 0 Å². The Kier molecular flexibility index (Phi) is 7.35. The van der Waals surface area contributed by atoms with Crippen LogP contribution in [0.2, 0.25) is 0 Å². The predicted molar refractivity (Wildman–Crippen MR) is 66.6 cm³/mol. The molecule has 0 radical (unpaired) electrons. The summed E-state index contributed by atoms with van der Waals surface area (Å²) in [7, 11) is 0. The summed E-state index contributed by atoms with van der Waals surface area (Å²) in [5.74, 6) is 0.707. The third kappa shape index (κ3) is 4.66. The Hall–Kier alpha value is -0.0400. The van der Waals surface area contributed by atoms with Gasteiger partial charge in [0, 0.05) is 32.7 Å². The molecule has 1 aliphatic rings. The summed E-state index contributed by atoms with van der Waals surface area (Å²) in [6, 6.07) is 0. The maximum atomic E-state index is 5.78. The van der Waals surface area contributed by atoms with Crippen molar-refractivity contribution in [1.82, 2.24) is 10.2 Å². The van der Waals surface area contributed by atoms with Gasteiger partial charge in [-0.1, -0.05) is 6.92 Å². The summed E-state index contributed by atoms with van der Waals surface area (Å²) in [5.41, 5.74) is 5.78. The number of hydrogen-bond donors (Lipinski definition) is 2. The molecule has 13 heavy (non-hydrogen) atoms. The van der Waals surface area contributed by atoms with E-state index in [1.807, 2.05) is 0 Å². The smallest absolute Gasteiger partial charge is 0.191 e. The molecule has 78 valence electrons. The highest BCUT2D eigenvalue weighted by Crippen LogP contribution is 1.91. The summed E-state index contributed by atoms with van der Waals surface area (Å²) in [4.78, 5) is 6.39. The summed E-state index contributed by atoms with van der Waals surface area (Å²) >= 11 is 0. The molecule has 0 aromatic rings. The van der Waals surface area contributed by atoms with E-state index in [4.69, 9.17) is 5.73 Å². The van der Waals surface area contributed by atoms with E-state index in [0.29, 0.717) is 5.96 Å². The molecule has 0 aliphatic carbocycles. The van der Waals surface area contributed by atoms with Crippen molar-refractivity contribution < 1.29 is 0 Å². The van der Waals surface area contributed by atoms with Crippen LogP contribution in [-0.4, -0.2) is 43.6 Å². The molecular weight excluding hydrogens is 279 g/mol. The number of guanidine groups is 1. The number of rotatable bonds is 2. The zero-order valence-electron chi connectivity index (χ0n) is 8.12. The Bertz CT molecular complexity index is 154. The average molecular weight is 298 g/mol. The summed E-state index contributed by atoms with van der Waals surface area (Å²) < 4.78 is 0. The van der Waals surface area contributed by atoms with Gasteiger partial charge >= 0.3 is 0 Å². The molecule has 0 atom stereocenters. The lowest BCUT2D eigenvalue weighted by molar-refractivity contribution is 0.353. The van der Waals surface area contributed by atoms with Crippen molar-refractivity contribution in [3.63, 3.8) is 0 Å². The number of nitrogens with one attached hydrogen (secondary N) is 1. The van der Waals surface area contributed by atoms with Crippen LogP contribution in [0.1, 0.15) is 13.3 Å². The third-order valence-corrected chi connectivity index (χ3v) is 1.94. The van der Waals surface area contributed by atoms with Crippen LogP contribution in [0.4, 0.5) is 0 Å². The highest BCUT2D eigenvalue weighted by atomic mass is 127. The monoisotopic (exact) mass is 298 g/mol. The fourth-order valence-electron chi connectivity index (χ4n) is 1.22. The predicted octanol–water partition coefficient (Wildman–Crippen LogP) is 0.234. The largest absolute Gasteiger partial charge is 0.370 e. The highest BCUT2D eigenvalue weighted by Gasteiger charge is 2.10. The maximum Gasteiger partial charge on any atom is 0.191 e. The molecule has 0 bridgehead atoms. The molecule has 1 saturated heterocycles. The number of aliphatic imine (C=N–C) groups is 1. The normalized spacial score (nSPS) is 18.2. The van der Waals surface area contributed by atoms with Gasteiger partial charge in [-0.05, 0) is 6.42 Å². The van der Waals surface area contributed by atoms with Crippen LogP contribution in [-0.2, 0) is 0 Å². The first-order chi connectivity index (χ1) is 5.84. The minimum atomic E-state index is 0. The van der Waals surface area contributed by atoms with E-state index in [9.17, 15) is 0 Å². The molecule has 0 amide bonds. The van der Waals surface area contributed by atoms with Gasteiger partial charge in [0.2, 0.25) is 0 Å². The van der Waals surface area contributed by atoms with Crippen LogP contribution in [0.25, 0.3) is 0 Å². The topological polar surface area (TPSA) is 53.6 Å². The van der Waals surface area contributed by atoms with Crippen LogP contribution >= 0.6 is 24.0 Å². The Morgan fingerprint density at radius 2 is 2.08 bits per heavy atom. The van der Waals surface area contributed by atoms with E-state index < -0.39 is 0 Å². The van der Waals surface area contributed by atoms with E-state index in [0.717, 1.165) is 39.1 Å². The van der Waals surface area contributed by atoms with E-state index in [1.165, 1.54) is 0 Å². The zero-order valence-corrected chi connectivity index (χ0v) is 10.5. The van der Waals surface area contributed by atoms with Gasteiger partial charge < -0.3 is 16.0 Å². The van der Waals surface area contributed by atoms with E-state index in [2.05, 4.69) is 22.1 Å². The van der Waals surface area contributed by atoms with E-state index in [-0.39, 0.29) is 24.0 Å². The van der Waals surface area contributed by atoms with Crippen molar-refractivity contribution in [1.29, 1.82) is 0 Å². The lowest BCUT2D eigenvalue weighted by atomic mass is 10.4. The van der Waals surface area contributed by atoms with Crippen molar-refractivity contribution >= 4 is 29.9 Å². The molecule has 0 unspecified atom stereocenters. The molecule has 0 saturated carbocycles. The van der Waals surface area contributed by atoms with Crippen molar-refractivity contribution in [2.24, 2.45) is 10.7 Å². The first kappa shape index (κ1) is 13.0. The van der Waals surface area contributed by atoms with Gasteiger partial charge in [0.1, 0.15) is 0 Å². The number of hydrogen-bond acceptors (Lipinski definition) is 2. The van der Waals surface area contributed by atoms with Crippen LogP contribution < -0.4 is 11.1 Å². The number of halogens is 1. The second kappa shape index (κ2) is 7.37. The Morgan fingerprint density at radius 3 is 2.62 bits per heavy atom. The molecule has 1 aliphatic heterocycles. The molecule has 0 aromatic heterocycles. The standard InChI is InChI=1S/C8H18N4.HI/c1-2-3-11-8(9)12-6-4-10-5-7-12;/h10H,2-7H2,1H3,(H2,9,11);1H. The van der Waals surface area contributed by atoms with Crippen molar-refractivity contribution in [2.45, 2.75) is 13.3 Å². The van der Waals surface area contributed by atoms with Gasteiger partial charge in [0.25, 0.3) is 0 Å². The van der Waals surface area contributed by atoms with Crippen molar-refractivity contribution in [3.8, 4) is 0 Å². The highest BCUT2D eigenvalue weighted by molar-refractivity contribution is 14.0. The summed E-state index contributed by atoms with van der Waals surface area (Å²) in [5, 5.41) is 3.27. The van der Waals surface area contributed by atoms with Gasteiger partial charge in [0.05, 0.1) is 0 Å². The van der Waals surface area contributed by atoms with Crippen LogP contribution in [0.3, 0.4) is 0 Å². The van der Waals surface area contributed by atoms with E-state index in [1.54, 1.807) is 0 Å². The summed E-state index contributed by atoms with van der Waals surface area (Å²) in [6.45, 7) is 6.95. The third-order valence-electron chi connectivity index (χ3n) is 1.94. The van der Waals surface area contributed by atoms with Crippen LogP contribution in [0.15, 0.2) is 4.99 Å². The number of piperazine rings is 1. The first-order valence-electron chi connectivity index (χ1n) is 4.60. The quantitative estimate of drug-likeness (QED) is 0.436. The van der Waals surface area contributed by atoms with Gasteiger partial charge in [-0.3, -0.25) is 4.99 Å². The molecule has 0 aromatic carbocycles. The minimum absolute atomic E-state index is 0. The summed E-state index contributed by atoms with van der Waals surface area (Å²) in [6.07, 6.45) is 1.06. The molecule has 1 heterocycles. The molecule has 1 fully saturated rings.